The number of phenols is 1. The SMILES string of the molecule is CCCc1c(OCCC=C[C@@H](c2cc(S)cc3oc(OC(=O)OC)cc(=O)c23)[C@H](O)CCC(F)(F)F)ccc(C(C)=O)c1O. The summed E-state index contributed by atoms with van der Waals surface area (Å²) in [5, 5.41) is 21.4. The van der Waals surface area contributed by atoms with Crippen molar-refractivity contribution in [3.8, 4) is 17.4 Å². The third-order valence-corrected chi connectivity index (χ3v) is 6.93. The summed E-state index contributed by atoms with van der Waals surface area (Å²) >= 11 is 4.33. The van der Waals surface area contributed by atoms with Crippen LogP contribution in [-0.4, -0.2) is 48.1 Å². The fraction of sp³-hybridized carbons (Fsp3) is 0.387. The van der Waals surface area contributed by atoms with Crippen LogP contribution in [0.15, 0.2) is 56.6 Å². The first-order valence-electron chi connectivity index (χ1n) is 13.7. The van der Waals surface area contributed by atoms with E-state index in [0.717, 1.165) is 13.2 Å². The molecule has 3 aromatic rings. The van der Waals surface area contributed by atoms with Gasteiger partial charge in [0.25, 0.3) is 5.95 Å². The molecule has 0 radical (unpaired) electrons. The van der Waals surface area contributed by atoms with Crippen LogP contribution in [0.4, 0.5) is 18.0 Å². The van der Waals surface area contributed by atoms with E-state index in [9.17, 15) is 37.8 Å². The molecule has 1 aromatic heterocycles. The van der Waals surface area contributed by atoms with E-state index in [1.54, 1.807) is 12.1 Å². The van der Waals surface area contributed by atoms with E-state index in [1.165, 1.54) is 31.2 Å². The number of carbonyl (C=O) groups is 2. The number of rotatable bonds is 13. The highest BCUT2D eigenvalue weighted by atomic mass is 32.1. The summed E-state index contributed by atoms with van der Waals surface area (Å²) in [5.74, 6) is -1.59. The van der Waals surface area contributed by atoms with E-state index in [-0.39, 0.29) is 51.6 Å². The Kier molecular flexibility index (Phi) is 11.9. The number of Topliss-reactive ketones (excluding diaryl/α,β-unsaturated/α-hetero) is 1. The molecule has 0 bridgehead atoms. The Labute approximate surface area is 256 Å². The van der Waals surface area contributed by atoms with Crippen LogP contribution in [0, 0.1) is 0 Å². The van der Waals surface area contributed by atoms with Gasteiger partial charge in [0.1, 0.15) is 17.1 Å². The predicted molar refractivity (Wildman–Crippen MR) is 158 cm³/mol. The Morgan fingerprint density at radius 1 is 1.18 bits per heavy atom. The molecule has 13 heteroatoms. The van der Waals surface area contributed by atoms with Gasteiger partial charge < -0.3 is 28.8 Å². The number of carbonyl (C=O) groups excluding carboxylic acids is 2. The zero-order valence-corrected chi connectivity index (χ0v) is 25.2. The second-order valence-electron chi connectivity index (χ2n) is 9.95. The molecular formula is C31H33F3O9S. The number of benzene rings is 2. The van der Waals surface area contributed by atoms with Crippen molar-refractivity contribution < 1.29 is 51.6 Å². The Balaban J connectivity index is 1.93. The minimum absolute atomic E-state index is 0.0396. The van der Waals surface area contributed by atoms with E-state index in [2.05, 4.69) is 17.4 Å². The average molecular weight is 639 g/mol. The van der Waals surface area contributed by atoms with Crippen LogP contribution in [-0.2, 0) is 11.2 Å². The number of alkyl halides is 3. The molecule has 1 heterocycles. The van der Waals surface area contributed by atoms with Gasteiger partial charge in [-0.25, -0.2) is 4.79 Å². The topological polar surface area (TPSA) is 132 Å². The molecule has 0 spiro atoms. The van der Waals surface area contributed by atoms with E-state index >= 15 is 0 Å². The zero-order chi connectivity index (χ0) is 32.6. The van der Waals surface area contributed by atoms with Gasteiger partial charge in [-0.05, 0) is 56.0 Å². The zero-order valence-electron chi connectivity index (χ0n) is 24.3. The van der Waals surface area contributed by atoms with Crippen LogP contribution in [0.25, 0.3) is 11.0 Å². The number of aromatic hydroxyl groups is 1. The smallest absolute Gasteiger partial charge is 0.507 e. The minimum Gasteiger partial charge on any atom is -0.507 e. The van der Waals surface area contributed by atoms with E-state index < -0.39 is 48.6 Å². The van der Waals surface area contributed by atoms with Gasteiger partial charge in [0.2, 0.25) is 0 Å². The molecule has 0 aliphatic carbocycles. The lowest BCUT2D eigenvalue weighted by atomic mass is 9.87. The Hall–Kier alpha value is -3.97. The first kappa shape index (κ1) is 34.5. The first-order valence-corrected chi connectivity index (χ1v) is 14.2. The predicted octanol–water partition coefficient (Wildman–Crippen LogP) is 6.90. The van der Waals surface area contributed by atoms with Crippen LogP contribution in [0.1, 0.15) is 66.9 Å². The van der Waals surface area contributed by atoms with Crippen LogP contribution in [0.3, 0.4) is 0 Å². The highest BCUT2D eigenvalue weighted by Crippen LogP contribution is 2.35. The van der Waals surface area contributed by atoms with Crippen molar-refractivity contribution >= 4 is 35.5 Å². The molecule has 2 N–H and O–H groups in total. The van der Waals surface area contributed by atoms with Gasteiger partial charge in [-0.1, -0.05) is 25.5 Å². The third kappa shape index (κ3) is 9.02. The molecule has 238 valence electrons. The average Bonchev–Trinajstić information content (AvgIpc) is 2.94. The number of ketones is 1. The molecule has 0 saturated heterocycles. The Morgan fingerprint density at radius 3 is 2.55 bits per heavy atom. The van der Waals surface area contributed by atoms with Crippen molar-refractivity contribution in [2.24, 2.45) is 0 Å². The van der Waals surface area contributed by atoms with Crippen molar-refractivity contribution in [3.05, 3.63) is 69.4 Å². The van der Waals surface area contributed by atoms with Crippen molar-refractivity contribution in [1.82, 2.24) is 0 Å². The van der Waals surface area contributed by atoms with Crippen LogP contribution >= 0.6 is 12.6 Å². The fourth-order valence-electron chi connectivity index (χ4n) is 4.66. The maximum Gasteiger partial charge on any atom is 0.516 e. The summed E-state index contributed by atoms with van der Waals surface area (Å²) in [5.41, 5.74) is 0.0941. The van der Waals surface area contributed by atoms with E-state index in [4.69, 9.17) is 13.9 Å². The summed E-state index contributed by atoms with van der Waals surface area (Å²) in [6.45, 7) is 3.36. The molecule has 44 heavy (non-hydrogen) atoms. The molecule has 3 rings (SSSR count). The summed E-state index contributed by atoms with van der Waals surface area (Å²) in [4.78, 5) is 36.7. The molecule has 0 aliphatic rings. The highest BCUT2D eigenvalue weighted by Gasteiger charge is 2.31. The van der Waals surface area contributed by atoms with Gasteiger partial charge in [0.15, 0.2) is 11.2 Å². The fourth-order valence-corrected chi connectivity index (χ4v) is 4.92. The summed E-state index contributed by atoms with van der Waals surface area (Å²) in [6, 6.07) is 6.76. The maximum atomic E-state index is 13.1. The molecule has 0 saturated carbocycles. The van der Waals surface area contributed by atoms with Crippen molar-refractivity contribution in [2.45, 2.75) is 69.0 Å². The normalized spacial score (nSPS) is 13.2. The molecule has 0 fully saturated rings. The minimum atomic E-state index is -4.52. The molecular weight excluding hydrogens is 605 g/mol. The van der Waals surface area contributed by atoms with Gasteiger partial charge in [-0.2, -0.15) is 13.2 Å². The summed E-state index contributed by atoms with van der Waals surface area (Å²) in [6.07, 6.45) is -4.64. The van der Waals surface area contributed by atoms with Gasteiger partial charge in [0, 0.05) is 22.8 Å². The largest absolute Gasteiger partial charge is 0.516 e. The maximum absolute atomic E-state index is 13.1. The lowest BCUT2D eigenvalue weighted by Crippen LogP contribution is -2.22. The number of halogens is 3. The van der Waals surface area contributed by atoms with Crippen LogP contribution < -0.4 is 14.9 Å². The molecule has 2 aromatic carbocycles. The number of phenolic OH excluding ortho intramolecular Hbond substituents is 1. The molecule has 0 aliphatic heterocycles. The van der Waals surface area contributed by atoms with Gasteiger partial charge in [-0.3, -0.25) is 9.59 Å². The molecule has 2 atom stereocenters. The van der Waals surface area contributed by atoms with Crippen LogP contribution in [0.2, 0.25) is 0 Å². The number of methoxy groups -OCH3 is 1. The standard InChI is InChI=1S/C31H33F3O9S/c1-4-7-21-25(10-9-19(17(2)35)29(21)38)41-13-6-5-8-20(23(36)11-12-31(32,33)34)22-14-18(44)15-26-28(22)24(37)16-27(42-26)43-30(39)40-3/h5,8-10,14-16,20,23,36,38,44H,4,6-7,11-13H2,1-3H3/t20-,23+/m0/s1. The number of fused-ring (bicyclic) bond motifs is 1. The van der Waals surface area contributed by atoms with E-state index in [0.29, 0.717) is 24.2 Å². The monoisotopic (exact) mass is 638 g/mol. The summed E-state index contributed by atoms with van der Waals surface area (Å²) < 4.78 is 59.7. The second-order valence-corrected chi connectivity index (χ2v) is 10.5. The van der Waals surface area contributed by atoms with Crippen molar-refractivity contribution in [2.75, 3.05) is 13.7 Å². The second kappa shape index (κ2) is 15.2. The lowest BCUT2D eigenvalue weighted by Gasteiger charge is -2.23. The van der Waals surface area contributed by atoms with Gasteiger partial charge >= 0.3 is 12.3 Å². The van der Waals surface area contributed by atoms with E-state index in [1.807, 2.05) is 6.92 Å². The number of aliphatic hydroxyl groups excluding tert-OH is 1. The lowest BCUT2D eigenvalue weighted by molar-refractivity contribution is -0.140. The molecule has 0 unspecified atom stereocenters. The first-order chi connectivity index (χ1) is 20.7. The Bertz CT molecular complexity index is 1580. The van der Waals surface area contributed by atoms with Crippen molar-refractivity contribution in [1.29, 1.82) is 0 Å². The number of aliphatic hydroxyl groups is 1. The summed E-state index contributed by atoms with van der Waals surface area (Å²) in [7, 11) is 1.06. The number of hydrogen-bond acceptors (Lipinski definition) is 10. The van der Waals surface area contributed by atoms with Crippen LogP contribution in [0.5, 0.6) is 17.4 Å². The number of ether oxygens (including phenoxy) is 3. The van der Waals surface area contributed by atoms with Crippen molar-refractivity contribution in [3.63, 3.8) is 0 Å². The quantitative estimate of drug-likeness (QED) is 0.0601. The number of thiol groups is 1. The number of hydrogen-bond donors (Lipinski definition) is 3. The molecule has 0 amide bonds. The Morgan fingerprint density at radius 2 is 1.91 bits per heavy atom. The molecule has 9 nitrogen and oxygen atoms in total. The van der Waals surface area contributed by atoms with Gasteiger partial charge in [-0.15, -0.1) is 12.6 Å². The van der Waals surface area contributed by atoms with Gasteiger partial charge in [0.05, 0.1) is 36.8 Å². The third-order valence-electron chi connectivity index (χ3n) is 6.68. The highest BCUT2D eigenvalue weighted by molar-refractivity contribution is 7.80.